The number of carboxylic acid groups (broad SMARTS) is 1. The summed E-state index contributed by atoms with van der Waals surface area (Å²) in [6, 6.07) is 0. The van der Waals surface area contributed by atoms with Gasteiger partial charge < -0.3 is 10.4 Å². The summed E-state index contributed by atoms with van der Waals surface area (Å²) >= 11 is 0. The second-order valence-electron chi connectivity index (χ2n) is 1.38. The predicted octanol–water partition coefficient (Wildman–Crippen LogP) is -1.51. The first kappa shape index (κ1) is 16.8. The van der Waals surface area contributed by atoms with E-state index in [4.69, 9.17) is 9.90 Å². The first-order chi connectivity index (χ1) is 4.15. The third-order valence-corrected chi connectivity index (χ3v) is 0.447. The molecule has 56 valence electrons. The monoisotopic (exact) mass is 155 g/mol. The van der Waals surface area contributed by atoms with Gasteiger partial charge in [-0.15, -0.1) is 0 Å². The number of carbonyl (C=O) groups is 1. The summed E-state index contributed by atoms with van der Waals surface area (Å²) in [5.41, 5.74) is 0. The third kappa shape index (κ3) is 78.8. The van der Waals surface area contributed by atoms with Gasteiger partial charge in [0.25, 0.3) is 5.97 Å². The van der Waals surface area contributed by atoms with Crippen LogP contribution in [0.1, 0.15) is 20.8 Å². The molecule has 0 amide bonds. The van der Waals surface area contributed by atoms with Crippen molar-refractivity contribution in [1.29, 1.82) is 0 Å². The molecule has 0 saturated heterocycles. The number of hydrogen-bond donors (Lipinski definition) is 1. The van der Waals surface area contributed by atoms with E-state index in [0.29, 0.717) is 0 Å². The number of hydrogen-bond acceptors (Lipinski definition) is 1. The molecule has 0 radical (unpaired) electrons. The second kappa shape index (κ2) is 16.2. The van der Waals surface area contributed by atoms with Crippen LogP contribution in [0.2, 0.25) is 0 Å². The van der Waals surface area contributed by atoms with E-state index in [1.807, 2.05) is 13.8 Å². The molecule has 0 aromatic rings. The molecule has 0 aromatic heterocycles. The van der Waals surface area contributed by atoms with Gasteiger partial charge in [-0.05, 0) is 0 Å². The molecule has 3 nitrogen and oxygen atoms in total. The fourth-order valence-electron chi connectivity index (χ4n) is 0.224. The zero-order chi connectivity index (χ0) is 7.70. The van der Waals surface area contributed by atoms with Gasteiger partial charge in [-0.25, -0.2) is 0 Å². The summed E-state index contributed by atoms with van der Waals surface area (Å²) in [6.45, 7) is 7.11. The Morgan fingerprint density at radius 1 is 1.40 bits per heavy atom. The molecule has 0 saturated carbocycles. The van der Waals surface area contributed by atoms with Crippen LogP contribution in [0.4, 0.5) is 0 Å². The van der Waals surface area contributed by atoms with Crippen molar-refractivity contribution in [3.8, 4) is 0 Å². The maximum atomic E-state index is 9.00. The molecule has 0 spiro atoms. The molecule has 1 N–H and O–H groups in total. The van der Waals surface area contributed by atoms with Crippen LogP contribution < -0.4 is 29.6 Å². The van der Waals surface area contributed by atoms with Crippen molar-refractivity contribution in [3.63, 3.8) is 0 Å². The summed E-state index contributed by atoms with van der Waals surface area (Å²) in [7, 11) is 0. The molecule has 0 heterocycles. The molecule has 0 fully saturated rings. The van der Waals surface area contributed by atoms with E-state index >= 15 is 0 Å². The molecular formula is C6H14NNaO2. The van der Waals surface area contributed by atoms with Crippen LogP contribution in [0.25, 0.3) is 5.32 Å². The average molecular weight is 155 g/mol. The summed E-state index contributed by atoms with van der Waals surface area (Å²) in [4.78, 5) is 9.00. The molecule has 4 heteroatoms. The average Bonchev–Trinajstić information content (AvgIpc) is 1.66. The van der Waals surface area contributed by atoms with Gasteiger partial charge in [0.1, 0.15) is 0 Å². The minimum atomic E-state index is -0.833. The minimum Gasteiger partial charge on any atom is -0.663 e. The number of rotatable bonds is 2. The Hall–Kier alpha value is 0.430. The van der Waals surface area contributed by atoms with Gasteiger partial charge >= 0.3 is 29.6 Å². The topological polar surface area (TPSA) is 51.4 Å². The van der Waals surface area contributed by atoms with Crippen LogP contribution in [0.3, 0.4) is 0 Å². The van der Waals surface area contributed by atoms with Crippen molar-refractivity contribution in [3.05, 3.63) is 5.32 Å². The van der Waals surface area contributed by atoms with E-state index in [-0.39, 0.29) is 29.6 Å². The number of aliphatic carboxylic acids is 1. The standard InChI is InChI=1S/C4H10N.C2H4O2.Na/c1-3-5-4-2;1-2(3)4;/h3-4H2,1-2H3;1H3,(H,3,4);/q-1;;+1. The number of carboxylic acids is 1. The Labute approximate surface area is 84.5 Å². The van der Waals surface area contributed by atoms with Gasteiger partial charge in [-0.2, -0.15) is 13.1 Å². The van der Waals surface area contributed by atoms with Crippen molar-refractivity contribution in [2.45, 2.75) is 20.8 Å². The van der Waals surface area contributed by atoms with Gasteiger partial charge in [-0.3, -0.25) is 4.79 Å². The third-order valence-electron chi connectivity index (χ3n) is 0.447. The van der Waals surface area contributed by atoms with E-state index in [1.165, 1.54) is 0 Å². The zero-order valence-electron chi connectivity index (χ0n) is 7.22. The molecule has 0 aliphatic heterocycles. The van der Waals surface area contributed by atoms with E-state index < -0.39 is 5.97 Å². The molecule has 0 aromatic carbocycles. The van der Waals surface area contributed by atoms with Gasteiger partial charge in [-0.1, -0.05) is 13.8 Å². The van der Waals surface area contributed by atoms with Gasteiger partial charge in [0, 0.05) is 6.92 Å². The van der Waals surface area contributed by atoms with Crippen LogP contribution in [-0.4, -0.2) is 24.2 Å². The van der Waals surface area contributed by atoms with Crippen LogP contribution >= 0.6 is 0 Å². The number of nitrogens with zero attached hydrogens (tertiary/aromatic N) is 1. The van der Waals surface area contributed by atoms with Crippen molar-refractivity contribution >= 4 is 5.97 Å². The Morgan fingerprint density at radius 3 is 1.60 bits per heavy atom. The maximum Gasteiger partial charge on any atom is 1.00 e. The van der Waals surface area contributed by atoms with Gasteiger partial charge in [0.15, 0.2) is 0 Å². The Morgan fingerprint density at radius 2 is 1.60 bits per heavy atom. The van der Waals surface area contributed by atoms with E-state index in [9.17, 15) is 0 Å². The largest absolute Gasteiger partial charge is 1.00 e. The summed E-state index contributed by atoms with van der Waals surface area (Å²) in [5.74, 6) is -0.833. The molecular weight excluding hydrogens is 141 g/mol. The quantitative estimate of drug-likeness (QED) is 0.493. The first-order valence-electron chi connectivity index (χ1n) is 2.97. The van der Waals surface area contributed by atoms with Crippen LogP contribution in [0.15, 0.2) is 0 Å². The van der Waals surface area contributed by atoms with E-state index in [0.717, 1.165) is 20.0 Å². The van der Waals surface area contributed by atoms with Gasteiger partial charge in [0.2, 0.25) is 0 Å². The van der Waals surface area contributed by atoms with Crippen molar-refractivity contribution in [1.82, 2.24) is 0 Å². The van der Waals surface area contributed by atoms with E-state index in [2.05, 4.69) is 5.32 Å². The minimum absolute atomic E-state index is 0. The first-order valence-corrected chi connectivity index (χ1v) is 2.97. The Bertz CT molecular complexity index is 62.8. The van der Waals surface area contributed by atoms with Crippen molar-refractivity contribution in [2.24, 2.45) is 0 Å². The van der Waals surface area contributed by atoms with Crippen LogP contribution in [0, 0.1) is 0 Å². The molecule has 0 atom stereocenters. The summed E-state index contributed by atoms with van der Waals surface area (Å²) in [6.07, 6.45) is 0. The molecule has 0 aliphatic carbocycles. The zero-order valence-corrected chi connectivity index (χ0v) is 9.22. The molecule has 0 bridgehead atoms. The fourth-order valence-corrected chi connectivity index (χ4v) is 0.224. The predicted molar refractivity (Wildman–Crippen MR) is 37.8 cm³/mol. The molecule has 0 aliphatic rings. The summed E-state index contributed by atoms with van der Waals surface area (Å²) in [5, 5.41) is 11.4. The van der Waals surface area contributed by atoms with E-state index in [1.54, 1.807) is 0 Å². The van der Waals surface area contributed by atoms with Gasteiger partial charge in [0.05, 0.1) is 0 Å². The Kier molecular flexibility index (Phi) is 27.2. The molecule has 0 rings (SSSR count). The normalized spacial score (nSPS) is 6.70. The fraction of sp³-hybridized carbons (Fsp3) is 0.833. The maximum absolute atomic E-state index is 9.00. The molecule has 0 unspecified atom stereocenters. The smallest absolute Gasteiger partial charge is 0.663 e. The van der Waals surface area contributed by atoms with Crippen LogP contribution in [0.5, 0.6) is 0 Å². The molecule has 10 heavy (non-hydrogen) atoms. The summed E-state index contributed by atoms with van der Waals surface area (Å²) < 4.78 is 0. The second-order valence-corrected chi connectivity index (χ2v) is 1.38. The van der Waals surface area contributed by atoms with Crippen LogP contribution in [-0.2, 0) is 4.79 Å². The van der Waals surface area contributed by atoms with Crippen molar-refractivity contribution in [2.75, 3.05) is 13.1 Å². The SMILES string of the molecule is CC(=O)O.CC[N-]CC.[Na+]. The Balaban J connectivity index is -0.0000000910. The van der Waals surface area contributed by atoms with Crippen molar-refractivity contribution < 1.29 is 39.5 Å².